The Kier molecular flexibility index (Phi) is 4.87. The van der Waals surface area contributed by atoms with E-state index in [2.05, 4.69) is 4.74 Å². The standard InChI is InChI=1S/C21H11F5O/c1-2-18-19(22)11-16(12-20(18)23)15-5-3-13(4-6-15)14-7-9-17(10-8-14)27-21(24,25)26/h1,3-12H. The van der Waals surface area contributed by atoms with Crippen LogP contribution in [0.3, 0.4) is 0 Å². The number of halogens is 5. The molecular weight excluding hydrogens is 363 g/mol. The number of benzene rings is 3. The van der Waals surface area contributed by atoms with Crippen molar-refractivity contribution in [3.63, 3.8) is 0 Å². The predicted octanol–water partition coefficient (Wildman–Crippen LogP) is 6.18. The van der Waals surface area contributed by atoms with Crippen molar-refractivity contribution < 1.29 is 26.7 Å². The summed E-state index contributed by atoms with van der Waals surface area (Å²) in [5.41, 5.74) is 1.85. The van der Waals surface area contributed by atoms with E-state index in [0.29, 0.717) is 16.7 Å². The summed E-state index contributed by atoms with van der Waals surface area (Å²) >= 11 is 0. The molecule has 136 valence electrons. The second-order valence-corrected chi connectivity index (χ2v) is 5.61. The maximum absolute atomic E-state index is 13.8. The van der Waals surface area contributed by atoms with Gasteiger partial charge in [0.1, 0.15) is 17.4 Å². The summed E-state index contributed by atoms with van der Waals surface area (Å²) in [6.07, 6.45) is 0.320. The zero-order valence-corrected chi connectivity index (χ0v) is 13.6. The summed E-state index contributed by atoms with van der Waals surface area (Å²) in [7, 11) is 0. The Balaban J connectivity index is 1.85. The SMILES string of the molecule is C#Cc1c(F)cc(-c2ccc(-c3ccc(OC(F)(F)F)cc3)cc2)cc1F. The van der Waals surface area contributed by atoms with E-state index < -0.39 is 23.6 Å². The average molecular weight is 374 g/mol. The fourth-order valence-corrected chi connectivity index (χ4v) is 2.58. The number of hydrogen-bond acceptors (Lipinski definition) is 1. The van der Waals surface area contributed by atoms with Crippen molar-refractivity contribution in [3.8, 4) is 40.3 Å². The van der Waals surface area contributed by atoms with Crippen LogP contribution in [-0.2, 0) is 0 Å². The number of ether oxygens (including phenoxy) is 1. The summed E-state index contributed by atoms with van der Waals surface area (Å²) in [4.78, 5) is 0. The largest absolute Gasteiger partial charge is 0.573 e. The van der Waals surface area contributed by atoms with Gasteiger partial charge in [-0.2, -0.15) is 0 Å². The van der Waals surface area contributed by atoms with Gasteiger partial charge in [-0.05, 0) is 46.5 Å². The molecule has 0 saturated heterocycles. The fraction of sp³-hybridized carbons (Fsp3) is 0.0476. The molecule has 0 unspecified atom stereocenters. The second kappa shape index (κ2) is 7.12. The molecule has 0 aliphatic heterocycles. The van der Waals surface area contributed by atoms with Gasteiger partial charge in [-0.3, -0.25) is 0 Å². The normalized spacial score (nSPS) is 11.1. The van der Waals surface area contributed by atoms with Gasteiger partial charge >= 0.3 is 6.36 Å². The van der Waals surface area contributed by atoms with Gasteiger partial charge in [-0.15, -0.1) is 19.6 Å². The smallest absolute Gasteiger partial charge is 0.406 e. The second-order valence-electron chi connectivity index (χ2n) is 5.61. The maximum Gasteiger partial charge on any atom is 0.573 e. The van der Waals surface area contributed by atoms with E-state index in [1.807, 2.05) is 5.92 Å². The van der Waals surface area contributed by atoms with E-state index in [0.717, 1.165) is 17.7 Å². The lowest BCUT2D eigenvalue weighted by Gasteiger charge is -2.10. The first-order valence-electron chi connectivity index (χ1n) is 7.69. The summed E-state index contributed by atoms with van der Waals surface area (Å²) < 4.78 is 68.0. The Labute approximate surface area is 152 Å². The molecule has 3 aromatic carbocycles. The van der Waals surface area contributed by atoms with E-state index in [4.69, 9.17) is 6.42 Å². The van der Waals surface area contributed by atoms with Crippen LogP contribution in [0.2, 0.25) is 0 Å². The molecular formula is C21H11F5O. The van der Waals surface area contributed by atoms with Gasteiger partial charge in [-0.1, -0.05) is 42.3 Å². The van der Waals surface area contributed by atoms with Gasteiger partial charge in [0.05, 0.1) is 5.56 Å². The van der Waals surface area contributed by atoms with Crippen LogP contribution in [0.1, 0.15) is 5.56 Å². The molecule has 0 radical (unpaired) electrons. The van der Waals surface area contributed by atoms with Crippen LogP contribution >= 0.6 is 0 Å². The minimum absolute atomic E-state index is 0.317. The highest BCUT2D eigenvalue weighted by Crippen LogP contribution is 2.29. The van der Waals surface area contributed by atoms with E-state index in [9.17, 15) is 22.0 Å². The highest BCUT2D eigenvalue weighted by molar-refractivity contribution is 5.71. The zero-order chi connectivity index (χ0) is 19.6. The molecule has 0 atom stereocenters. The number of terminal acetylenes is 1. The van der Waals surface area contributed by atoms with Gasteiger partial charge in [0.25, 0.3) is 0 Å². The highest BCUT2D eigenvalue weighted by Gasteiger charge is 2.30. The van der Waals surface area contributed by atoms with Gasteiger partial charge in [0.15, 0.2) is 0 Å². The molecule has 0 aliphatic carbocycles. The molecule has 0 aromatic heterocycles. The molecule has 0 N–H and O–H groups in total. The van der Waals surface area contributed by atoms with Gasteiger partial charge in [0.2, 0.25) is 0 Å². The van der Waals surface area contributed by atoms with Crippen LogP contribution in [-0.4, -0.2) is 6.36 Å². The summed E-state index contributed by atoms with van der Waals surface area (Å²) in [5.74, 6) is -0.00116. The first-order valence-corrected chi connectivity index (χ1v) is 7.69. The molecule has 0 bridgehead atoms. The van der Waals surface area contributed by atoms with Crippen LogP contribution in [0.15, 0.2) is 60.7 Å². The molecule has 27 heavy (non-hydrogen) atoms. The Morgan fingerprint density at radius 1 is 0.704 bits per heavy atom. The van der Waals surface area contributed by atoms with Crippen LogP contribution in [0.5, 0.6) is 5.75 Å². The summed E-state index contributed by atoms with van der Waals surface area (Å²) in [5, 5.41) is 0. The van der Waals surface area contributed by atoms with Gasteiger partial charge < -0.3 is 4.74 Å². The Morgan fingerprint density at radius 3 is 1.52 bits per heavy atom. The van der Waals surface area contributed by atoms with Crippen molar-refractivity contribution in [2.75, 3.05) is 0 Å². The Morgan fingerprint density at radius 2 is 1.11 bits per heavy atom. The van der Waals surface area contributed by atoms with Crippen LogP contribution in [0.4, 0.5) is 22.0 Å². The molecule has 0 heterocycles. The molecule has 6 heteroatoms. The first kappa shape index (κ1) is 18.5. The van der Waals surface area contributed by atoms with Crippen molar-refractivity contribution in [3.05, 3.63) is 77.9 Å². The fourth-order valence-electron chi connectivity index (χ4n) is 2.58. The maximum atomic E-state index is 13.8. The van der Waals surface area contributed by atoms with Crippen molar-refractivity contribution in [1.82, 2.24) is 0 Å². The lowest BCUT2D eigenvalue weighted by Crippen LogP contribution is -2.16. The highest BCUT2D eigenvalue weighted by atomic mass is 19.4. The average Bonchev–Trinajstić information content (AvgIpc) is 2.61. The van der Waals surface area contributed by atoms with E-state index in [-0.39, 0.29) is 5.75 Å². The summed E-state index contributed by atoms with van der Waals surface area (Å²) in [6.45, 7) is 0. The third-order valence-corrected chi connectivity index (χ3v) is 3.83. The Hall–Kier alpha value is -3.33. The lowest BCUT2D eigenvalue weighted by molar-refractivity contribution is -0.274. The topological polar surface area (TPSA) is 9.23 Å². The summed E-state index contributed by atoms with van der Waals surface area (Å²) in [6, 6.07) is 14.4. The van der Waals surface area contributed by atoms with E-state index >= 15 is 0 Å². The minimum Gasteiger partial charge on any atom is -0.406 e. The number of rotatable bonds is 3. The monoisotopic (exact) mass is 374 g/mol. The van der Waals surface area contributed by atoms with Crippen molar-refractivity contribution >= 4 is 0 Å². The molecule has 1 nitrogen and oxygen atoms in total. The third-order valence-electron chi connectivity index (χ3n) is 3.83. The van der Waals surface area contributed by atoms with Gasteiger partial charge in [0, 0.05) is 0 Å². The van der Waals surface area contributed by atoms with Crippen LogP contribution < -0.4 is 4.74 Å². The quantitative estimate of drug-likeness (QED) is 0.393. The number of hydrogen-bond donors (Lipinski definition) is 0. The number of alkyl halides is 3. The third kappa shape index (κ3) is 4.26. The molecule has 0 amide bonds. The van der Waals surface area contributed by atoms with Crippen LogP contribution in [0.25, 0.3) is 22.3 Å². The van der Waals surface area contributed by atoms with Crippen molar-refractivity contribution in [2.24, 2.45) is 0 Å². The zero-order valence-electron chi connectivity index (χ0n) is 13.6. The molecule has 0 aliphatic rings. The van der Waals surface area contributed by atoms with E-state index in [1.54, 1.807) is 24.3 Å². The Bertz CT molecular complexity index is 974. The molecule has 0 saturated carbocycles. The molecule has 0 fully saturated rings. The van der Waals surface area contributed by atoms with Crippen molar-refractivity contribution in [1.29, 1.82) is 0 Å². The molecule has 3 aromatic rings. The van der Waals surface area contributed by atoms with Crippen LogP contribution in [0, 0.1) is 24.0 Å². The molecule has 0 spiro atoms. The van der Waals surface area contributed by atoms with E-state index in [1.165, 1.54) is 24.3 Å². The molecule has 3 rings (SSSR count). The minimum atomic E-state index is -4.75. The lowest BCUT2D eigenvalue weighted by atomic mass is 9.99. The first-order chi connectivity index (χ1) is 12.8. The van der Waals surface area contributed by atoms with Crippen molar-refractivity contribution in [2.45, 2.75) is 6.36 Å². The predicted molar refractivity (Wildman–Crippen MR) is 91.8 cm³/mol. The van der Waals surface area contributed by atoms with Gasteiger partial charge in [-0.25, -0.2) is 8.78 Å².